The molecule has 1 aromatic carbocycles. The van der Waals surface area contributed by atoms with Crippen LogP contribution in [-0.2, 0) is 6.42 Å². The van der Waals surface area contributed by atoms with Crippen LogP contribution in [-0.4, -0.2) is 11.1 Å². The number of hydrogen-bond donors (Lipinski definition) is 1. The van der Waals surface area contributed by atoms with Gasteiger partial charge in [0.15, 0.2) is 0 Å². The highest BCUT2D eigenvalue weighted by Gasteiger charge is 2.16. The Kier molecular flexibility index (Phi) is 3.63. The van der Waals surface area contributed by atoms with Gasteiger partial charge in [-0.15, -0.1) is 0 Å². The second kappa shape index (κ2) is 4.55. The summed E-state index contributed by atoms with van der Waals surface area (Å²) in [6.45, 7) is 1.92. The molecule has 0 aliphatic heterocycles. The third-order valence-corrected chi connectivity index (χ3v) is 2.33. The molecule has 0 heterocycles. The molecule has 1 N–H and O–H groups in total. The first kappa shape index (κ1) is 11.2. The van der Waals surface area contributed by atoms with Crippen LogP contribution in [0.3, 0.4) is 0 Å². The molecule has 0 radical (unpaired) electrons. The second-order valence-electron chi connectivity index (χ2n) is 2.98. The maximum absolute atomic E-state index is 13.3. The van der Waals surface area contributed by atoms with E-state index in [1.807, 2.05) is 6.92 Å². The second-order valence-corrected chi connectivity index (χ2v) is 3.89. The van der Waals surface area contributed by atoms with E-state index < -0.39 is 11.8 Å². The Balaban J connectivity index is 3.28. The highest BCUT2D eigenvalue weighted by atomic mass is 79.9. The summed E-state index contributed by atoms with van der Waals surface area (Å²) in [4.78, 5) is 10.8. The van der Waals surface area contributed by atoms with Crippen molar-refractivity contribution in [2.24, 2.45) is 0 Å². The van der Waals surface area contributed by atoms with E-state index in [1.54, 1.807) is 6.07 Å². The average molecular weight is 261 g/mol. The Bertz CT molecular complexity index is 363. The van der Waals surface area contributed by atoms with Gasteiger partial charge in [0.05, 0.1) is 5.56 Å². The van der Waals surface area contributed by atoms with Gasteiger partial charge in [-0.05, 0) is 24.1 Å². The van der Waals surface area contributed by atoms with Crippen LogP contribution < -0.4 is 0 Å². The van der Waals surface area contributed by atoms with Gasteiger partial charge in [0, 0.05) is 4.47 Å². The number of carbonyl (C=O) groups is 1. The van der Waals surface area contributed by atoms with Crippen LogP contribution in [0.25, 0.3) is 0 Å². The molecule has 1 rings (SSSR count). The molecule has 0 fully saturated rings. The van der Waals surface area contributed by atoms with Crippen molar-refractivity contribution < 1.29 is 14.3 Å². The number of carboxylic acids is 1. The third kappa shape index (κ3) is 2.32. The third-order valence-electron chi connectivity index (χ3n) is 1.87. The lowest BCUT2D eigenvalue weighted by molar-refractivity contribution is 0.0690. The molecule has 2 nitrogen and oxygen atoms in total. The molecule has 0 aliphatic rings. The number of aromatic carboxylic acids is 1. The van der Waals surface area contributed by atoms with Gasteiger partial charge in [-0.2, -0.15) is 0 Å². The van der Waals surface area contributed by atoms with Gasteiger partial charge in [0.2, 0.25) is 0 Å². The standard InChI is InChI=1S/C10H10BrFO2/c1-2-3-6-4-7(11)5-8(12)9(6)10(13)14/h4-5H,2-3H2,1H3,(H,13,14). The molecular weight excluding hydrogens is 251 g/mol. The highest BCUT2D eigenvalue weighted by Crippen LogP contribution is 2.21. The van der Waals surface area contributed by atoms with Gasteiger partial charge in [-0.3, -0.25) is 0 Å². The predicted octanol–water partition coefficient (Wildman–Crippen LogP) is 3.24. The quantitative estimate of drug-likeness (QED) is 0.906. The first-order valence-electron chi connectivity index (χ1n) is 4.27. The van der Waals surface area contributed by atoms with E-state index >= 15 is 0 Å². The Morgan fingerprint density at radius 2 is 2.21 bits per heavy atom. The molecule has 0 saturated heterocycles. The lowest BCUT2D eigenvalue weighted by Gasteiger charge is -2.06. The Hall–Kier alpha value is -0.900. The zero-order valence-electron chi connectivity index (χ0n) is 7.68. The molecule has 0 saturated carbocycles. The number of rotatable bonds is 3. The van der Waals surface area contributed by atoms with Crippen LogP contribution >= 0.6 is 15.9 Å². The van der Waals surface area contributed by atoms with Crippen molar-refractivity contribution in [2.45, 2.75) is 19.8 Å². The maximum atomic E-state index is 13.3. The van der Waals surface area contributed by atoms with Gasteiger partial charge in [-0.1, -0.05) is 29.3 Å². The number of carboxylic acid groups (broad SMARTS) is 1. The van der Waals surface area contributed by atoms with Gasteiger partial charge in [0.1, 0.15) is 5.82 Å². The minimum atomic E-state index is -1.21. The summed E-state index contributed by atoms with van der Waals surface area (Å²) in [5, 5.41) is 8.81. The van der Waals surface area contributed by atoms with Gasteiger partial charge >= 0.3 is 5.97 Å². The first-order chi connectivity index (χ1) is 6.56. The molecule has 0 aliphatic carbocycles. The SMILES string of the molecule is CCCc1cc(Br)cc(F)c1C(=O)O. The average Bonchev–Trinajstić information content (AvgIpc) is 2.01. The minimum Gasteiger partial charge on any atom is -0.478 e. The molecular formula is C10H10BrFO2. The molecule has 1 aromatic rings. The first-order valence-corrected chi connectivity index (χ1v) is 5.06. The van der Waals surface area contributed by atoms with Crippen LogP contribution in [0.15, 0.2) is 16.6 Å². The Labute approximate surface area is 89.9 Å². The van der Waals surface area contributed by atoms with E-state index in [4.69, 9.17) is 5.11 Å². The lowest BCUT2D eigenvalue weighted by Crippen LogP contribution is -2.06. The van der Waals surface area contributed by atoms with Crippen LogP contribution in [0.2, 0.25) is 0 Å². The fourth-order valence-electron chi connectivity index (χ4n) is 1.33. The molecule has 0 atom stereocenters. The molecule has 0 aromatic heterocycles. The van der Waals surface area contributed by atoms with E-state index in [9.17, 15) is 9.18 Å². The van der Waals surface area contributed by atoms with Crippen LogP contribution in [0.1, 0.15) is 29.3 Å². The Morgan fingerprint density at radius 1 is 1.57 bits per heavy atom. The minimum absolute atomic E-state index is 0.213. The molecule has 0 amide bonds. The summed E-state index contributed by atoms with van der Waals surface area (Å²) < 4.78 is 13.8. The predicted molar refractivity (Wildman–Crippen MR) is 55.1 cm³/mol. The topological polar surface area (TPSA) is 37.3 Å². The molecule has 14 heavy (non-hydrogen) atoms. The Morgan fingerprint density at radius 3 is 2.71 bits per heavy atom. The normalized spacial score (nSPS) is 10.2. The zero-order valence-corrected chi connectivity index (χ0v) is 9.27. The monoisotopic (exact) mass is 260 g/mol. The van der Waals surface area contributed by atoms with Gasteiger partial charge in [0.25, 0.3) is 0 Å². The van der Waals surface area contributed by atoms with E-state index in [0.717, 1.165) is 6.42 Å². The van der Waals surface area contributed by atoms with E-state index in [2.05, 4.69) is 15.9 Å². The maximum Gasteiger partial charge on any atom is 0.338 e. The van der Waals surface area contributed by atoms with E-state index in [-0.39, 0.29) is 5.56 Å². The summed E-state index contributed by atoms with van der Waals surface area (Å²) in [5.41, 5.74) is 0.321. The number of aryl methyl sites for hydroxylation is 1. The molecule has 4 heteroatoms. The summed E-state index contributed by atoms with van der Waals surface area (Å²) in [5.74, 6) is -1.89. The number of hydrogen-bond acceptors (Lipinski definition) is 1. The van der Waals surface area contributed by atoms with E-state index in [0.29, 0.717) is 16.5 Å². The fourth-order valence-corrected chi connectivity index (χ4v) is 1.81. The summed E-state index contributed by atoms with van der Waals surface area (Å²) in [6, 6.07) is 2.82. The molecule has 0 spiro atoms. The lowest BCUT2D eigenvalue weighted by atomic mass is 10.0. The summed E-state index contributed by atoms with van der Waals surface area (Å²) in [6.07, 6.45) is 1.36. The van der Waals surface area contributed by atoms with Gasteiger partial charge in [-0.25, -0.2) is 9.18 Å². The van der Waals surface area contributed by atoms with Crippen LogP contribution in [0.4, 0.5) is 4.39 Å². The smallest absolute Gasteiger partial charge is 0.338 e. The van der Waals surface area contributed by atoms with Crippen molar-refractivity contribution in [3.8, 4) is 0 Å². The molecule has 76 valence electrons. The van der Waals surface area contributed by atoms with Crippen molar-refractivity contribution >= 4 is 21.9 Å². The summed E-state index contributed by atoms with van der Waals surface area (Å²) >= 11 is 3.13. The fraction of sp³-hybridized carbons (Fsp3) is 0.300. The van der Waals surface area contributed by atoms with Crippen molar-refractivity contribution in [1.82, 2.24) is 0 Å². The van der Waals surface area contributed by atoms with Crippen LogP contribution in [0.5, 0.6) is 0 Å². The molecule has 0 bridgehead atoms. The van der Waals surface area contributed by atoms with Crippen molar-refractivity contribution in [2.75, 3.05) is 0 Å². The van der Waals surface area contributed by atoms with Crippen molar-refractivity contribution in [3.63, 3.8) is 0 Å². The van der Waals surface area contributed by atoms with Crippen LogP contribution in [0, 0.1) is 5.82 Å². The van der Waals surface area contributed by atoms with E-state index in [1.165, 1.54) is 6.07 Å². The number of halogens is 2. The highest BCUT2D eigenvalue weighted by molar-refractivity contribution is 9.10. The van der Waals surface area contributed by atoms with Gasteiger partial charge < -0.3 is 5.11 Å². The summed E-state index contributed by atoms with van der Waals surface area (Å²) in [7, 11) is 0. The van der Waals surface area contributed by atoms with Crippen molar-refractivity contribution in [1.29, 1.82) is 0 Å². The number of benzene rings is 1. The molecule has 0 unspecified atom stereocenters. The van der Waals surface area contributed by atoms with Crippen molar-refractivity contribution in [3.05, 3.63) is 33.5 Å². The largest absolute Gasteiger partial charge is 0.478 e. The zero-order chi connectivity index (χ0) is 10.7.